The van der Waals surface area contributed by atoms with E-state index in [1.165, 1.54) is 6.07 Å². The van der Waals surface area contributed by atoms with Crippen molar-refractivity contribution in [3.8, 4) is 22.9 Å². The van der Waals surface area contributed by atoms with Crippen LogP contribution in [0.4, 0.5) is 15.9 Å². The number of hydrogen-bond acceptors (Lipinski definition) is 8. The minimum atomic E-state index is -0.288. The highest BCUT2D eigenvalue weighted by Gasteiger charge is 2.56. The summed E-state index contributed by atoms with van der Waals surface area (Å²) in [6.45, 7) is 1.68. The fourth-order valence-electron chi connectivity index (χ4n) is 5.61. The lowest BCUT2D eigenvalue weighted by Crippen LogP contribution is -2.24. The second-order valence-electron chi connectivity index (χ2n) is 9.72. The molecule has 9 heteroatoms. The molecule has 1 saturated carbocycles. The van der Waals surface area contributed by atoms with Crippen molar-refractivity contribution in [2.45, 2.75) is 25.3 Å². The number of halogens is 1. The third-order valence-electron chi connectivity index (χ3n) is 7.61. The number of nitrogens with two attached hydrogens (primary N) is 1. The second-order valence-corrected chi connectivity index (χ2v) is 9.72. The van der Waals surface area contributed by atoms with Crippen LogP contribution < -0.4 is 20.7 Å². The lowest BCUT2D eigenvalue weighted by Gasteiger charge is -2.22. The van der Waals surface area contributed by atoms with E-state index in [9.17, 15) is 4.39 Å². The van der Waals surface area contributed by atoms with Crippen LogP contribution in [0, 0.1) is 11.2 Å². The van der Waals surface area contributed by atoms with Crippen molar-refractivity contribution in [2.24, 2.45) is 11.1 Å². The maximum atomic E-state index is 14.5. The van der Waals surface area contributed by atoms with E-state index in [1.807, 2.05) is 18.2 Å². The fourth-order valence-corrected chi connectivity index (χ4v) is 5.61. The zero-order valence-electron chi connectivity index (χ0n) is 19.3. The maximum Gasteiger partial charge on any atom is 0.324 e. The molecule has 0 unspecified atom stereocenters. The van der Waals surface area contributed by atoms with Gasteiger partial charge in [0.1, 0.15) is 11.6 Å². The van der Waals surface area contributed by atoms with Crippen molar-refractivity contribution < 1.29 is 9.13 Å². The SMILES string of the molecule is CNc1cc(F)cc2c1Cc1nc(Oc3cnc4cccnc4c3)nc(N3CC[C@]4(C[C@@H]4N)C3)c1-2. The largest absolute Gasteiger partial charge is 0.423 e. The maximum absolute atomic E-state index is 14.5. The van der Waals surface area contributed by atoms with E-state index < -0.39 is 0 Å². The van der Waals surface area contributed by atoms with Crippen LogP contribution in [0.2, 0.25) is 0 Å². The van der Waals surface area contributed by atoms with Crippen molar-refractivity contribution >= 4 is 22.5 Å². The first-order valence-corrected chi connectivity index (χ1v) is 11.8. The second kappa shape index (κ2) is 7.32. The van der Waals surface area contributed by atoms with Gasteiger partial charge < -0.3 is 20.7 Å². The van der Waals surface area contributed by atoms with Crippen LogP contribution in [-0.4, -0.2) is 46.1 Å². The molecule has 0 radical (unpaired) electrons. The monoisotopic (exact) mass is 469 g/mol. The minimum absolute atomic E-state index is 0.159. The van der Waals surface area contributed by atoms with Crippen LogP contribution in [0.5, 0.6) is 11.8 Å². The number of fused-ring (bicyclic) bond motifs is 4. The average Bonchev–Trinajstić information content (AvgIpc) is 3.17. The molecule has 2 fully saturated rings. The van der Waals surface area contributed by atoms with Gasteiger partial charge in [0.2, 0.25) is 0 Å². The number of anilines is 2. The molecule has 2 atom stereocenters. The summed E-state index contributed by atoms with van der Waals surface area (Å²) in [5.74, 6) is 1.00. The molecule has 7 rings (SSSR count). The van der Waals surface area contributed by atoms with Gasteiger partial charge in [0, 0.05) is 61.5 Å². The van der Waals surface area contributed by atoms with Gasteiger partial charge in [0.05, 0.1) is 22.9 Å². The number of rotatable bonds is 4. The summed E-state index contributed by atoms with van der Waals surface area (Å²) in [5, 5.41) is 3.13. The van der Waals surface area contributed by atoms with E-state index in [0.717, 1.165) is 70.9 Å². The molecule has 1 aliphatic heterocycles. The Hall–Kier alpha value is -3.85. The molecule has 8 nitrogen and oxygen atoms in total. The van der Waals surface area contributed by atoms with E-state index >= 15 is 0 Å². The average molecular weight is 470 g/mol. The molecule has 4 heterocycles. The van der Waals surface area contributed by atoms with E-state index in [4.69, 9.17) is 20.4 Å². The number of nitrogens with one attached hydrogen (secondary N) is 1. The first-order valence-electron chi connectivity index (χ1n) is 11.8. The zero-order chi connectivity index (χ0) is 23.7. The van der Waals surface area contributed by atoms with Crippen LogP contribution in [-0.2, 0) is 6.42 Å². The summed E-state index contributed by atoms with van der Waals surface area (Å²) < 4.78 is 20.7. The summed E-state index contributed by atoms with van der Waals surface area (Å²) in [4.78, 5) is 20.7. The van der Waals surface area contributed by atoms with Crippen LogP contribution in [0.3, 0.4) is 0 Å². The molecule has 3 aromatic heterocycles. The Morgan fingerprint density at radius 1 is 1.20 bits per heavy atom. The van der Waals surface area contributed by atoms with Gasteiger partial charge in [-0.25, -0.2) is 4.39 Å². The van der Waals surface area contributed by atoms with Gasteiger partial charge in [-0.3, -0.25) is 9.97 Å². The number of nitrogens with zero attached hydrogens (tertiary/aromatic N) is 5. The van der Waals surface area contributed by atoms with Gasteiger partial charge >= 0.3 is 6.01 Å². The Bertz CT molecular complexity index is 1510. The van der Waals surface area contributed by atoms with E-state index in [1.54, 1.807) is 25.5 Å². The van der Waals surface area contributed by atoms with Crippen LogP contribution in [0.25, 0.3) is 22.2 Å². The number of hydrogen-bond donors (Lipinski definition) is 2. The zero-order valence-corrected chi connectivity index (χ0v) is 19.3. The Balaban J connectivity index is 1.33. The number of aromatic nitrogens is 4. The highest BCUT2D eigenvalue weighted by Crippen LogP contribution is 2.54. The topological polar surface area (TPSA) is 102 Å². The molecule has 3 N–H and O–H groups in total. The Kier molecular flexibility index (Phi) is 4.29. The third kappa shape index (κ3) is 3.22. The smallest absolute Gasteiger partial charge is 0.324 e. The number of pyridine rings is 2. The molecule has 2 aliphatic carbocycles. The van der Waals surface area contributed by atoms with E-state index in [2.05, 4.69) is 20.2 Å². The van der Waals surface area contributed by atoms with E-state index in [-0.39, 0.29) is 23.3 Å². The summed E-state index contributed by atoms with van der Waals surface area (Å²) in [6.07, 6.45) is 6.01. The molecule has 176 valence electrons. The van der Waals surface area contributed by atoms with Crippen LogP contribution in [0.15, 0.2) is 42.7 Å². The number of benzene rings is 1. The Labute approximate surface area is 201 Å². The standard InChI is InChI=1S/C26H24FN7O/c1-29-19-8-14(27)7-17-16(19)10-21-23(17)24(34-6-4-26(13-34)11-22(26)28)33-25(32-21)35-15-9-20-18(31-12-15)3-2-5-30-20/h2-3,5,7-9,12,22,29H,4,6,10-11,13,28H2,1H3/t22-,26-/m0/s1. The quantitative estimate of drug-likeness (QED) is 0.409. The lowest BCUT2D eigenvalue weighted by atomic mass is 10.0. The van der Waals surface area contributed by atoms with Gasteiger partial charge in [0.25, 0.3) is 0 Å². The van der Waals surface area contributed by atoms with Gasteiger partial charge in [-0.15, -0.1) is 0 Å². The molecule has 0 amide bonds. The molecule has 35 heavy (non-hydrogen) atoms. The summed E-state index contributed by atoms with van der Waals surface area (Å²) in [7, 11) is 1.80. The van der Waals surface area contributed by atoms with Crippen LogP contribution >= 0.6 is 0 Å². The van der Waals surface area contributed by atoms with Crippen molar-refractivity contribution in [3.05, 3.63) is 59.8 Å². The predicted molar refractivity (Wildman–Crippen MR) is 131 cm³/mol. The first kappa shape index (κ1) is 20.5. The molecular formula is C26H24FN7O. The van der Waals surface area contributed by atoms with Gasteiger partial charge in [0.15, 0.2) is 5.75 Å². The van der Waals surface area contributed by atoms with Crippen molar-refractivity contribution in [1.82, 2.24) is 19.9 Å². The summed E-state index contributed by atoms with van der Waals surface area (Å²) in [5.41, 5.74) is 12.3. The Morgan fingerprint density at radius 3 is 2.89 bits per heavy atom. The predicted octanol–water partition coefficient (Wildman–Crippen LogP) is 3.89. The van der Waals surface area contributed by atoms with E-state index in [0.29, 0.717) is 12.2 Å². The van der Waals surface area contributed by atoms with Crippen molar-refractivity contribution in [3.63, 3.8) is 0 Å². The molecule has 3 aliphatic rings. The summed E-state index contributed by atoms with van der Waals surface area (Å²) in [6, 6.07) is 9.17. The normalized spacial score (nSPS) is 21.9. The molecule has 1 spiro atoms. The first-order chi connectivity index (χ1) is 17.0. The molecule has 1 aromatic carbocycles. The van der Waals surface area contributed by atoms with Gasteiger partial charge in [-0.1, -0.05) is 0 Å². The molecule has 4 aromatic rings. The third-order valence-corrected chi connectivity index (χ3v) is 7.61. The highest BCUT2D eigenvalue weighted by atomic mass is 19.1. The molecule has 0 bridgehead atoms. The Morgan fingerprint density at radius 2 is 2.09 bits per heavy atom. The fraction of sp³-hybridized carbons (Fsp3) is 0.308. The highest BCUT2D eigenvalue weighted by molar-refractivity contribution is 5.88. The minimum Gasteiger partial charge on any atom is -0.423 e. The van der Waals surface area contributed by atoms with Crippen molar-refractivity contribution in [1.29, 1.82) is 0 Å². The molecule has 1 saturated heterocycles. The lowest BCUT2D eigenvalue weighted by molar-refractivity contribution is 0.439. The molecular weight excluding hydrogens is 445 g/mol. The van der Waals surface area contributed by atoms with Gasteiger partial charge in [-0.2, -0.15) is 9.97 Å². The summed E-state index contributed by atoms with van der Waals surface area (Å²) >= 11 is 0. The van der Waals surface area contributed by atoms with Crippen molar-refractivity contribution in [2.75, 3.05) is 30.4 Å². The van der Waals surface area contributed by atoms with Crippen LogP contribution in [0.1, 0.15) is 24.1 Å². The van der Waals surface area contributed by atoms with Gasteiger partial charge in [-0.05, 0) is 48.2 Å². The number of ether oxygens (including phenoxy) is 1.